The van der Waals surface area contributed by atoms with Crippen LogP contribution in [0.15, 0.2) is 24.3 Å². The summed E-state index contributed by atoms with van der Waals surface area (Å²) in [4.78, 5) is 26.4. The first-order valence-electron chi connectivity index (χ1n) is 7.61. The zero-order valence-corrected chi connectivity index (χ0v) is 13.0. The number of ether oxygens (including phenoxy) is 1. The Bertz CT molecular complexity index is 578. The number of nitrogens with one attached hydrogen (secondary N) is 1. The van der Waals surface area contributed by atoms with Gasteiger partial charge < -0.3 is 10.1 Å². The average molecular weight is 323 g/mol. The molecule has 0 spiro atoms. The summed E-state index contributed by atoms with van der Waals surface area (Å²) >= 11 is 5.90. The third kappa shape index (κ3) is 3.42. The van der Waals surface area contributed by atoms with Crippen LogP contribution in [0, 0.1) is 0 Å². The molecule has 118 valence electrons. The van der Waals surface area contributed by atoms with Crippen LogP contribution in [0.3, 0.4) is 0 Å². The van der Waals surface area contributed by atoms with Crippen molar-refractivity contribution in [2.24, 2.45) is 0 Å². The Balaban J connectivity index is 1.65. The zero-order chi connectivity index (χ0) is 15.5. The summed E-state index contributed by atoms with van der Waals surface area (Å²) in [7, 11) is 0. The van der Waals surface area contributed by atoms with Crippen LogP contribution in [-0.2, 0) is 14.3 Å². The van der Waals surface area contributed by atoms with E-state index in [1.54, 1.807) is 24.3 Å². The van der Waals surface area contributed by atoms with E-state index in [9.17, 15) is 9.59 Å². The molecule has 2 saturated heterocycles. The normalized spacial score (nSPS) is 25.2. The number of morpholine rings is 1. The van der Waals surface area contributed by atoms with Crippen LogP contribution in [0.4, 0.5) is 5.69 Å². The third-order valence-corrected chi connectivity index (χ3v) is 4.49. The molecule has 2 aliphatic heterocycles. The highest BCUT2D eigenvalue weighted by molar-refractivity contribution is 6.30. The van der Waals surface area contributed by atoms with Crippen molar-refractivity contribution < 1.29 is 14.3 Å². The smallest absolute Gasteiger partial charge is 0.323 e. The highest BCUT2D eigenvalue weighted by atomic mass is 35.5. The molecule has 1 N–H and O–H groups in total. The van der Waals surface area contributed by atoms with Crippen LogP contribution in [0.2, 0.25) is 5.02 Å². The van der Waals surface area contributed by atoms with Gasteiger partial charge in [-0.05, 0) is 37.6 Å². The van der Waals surface area contributed by atoms with Gasteiger partial charge in [0.2, 0.25) is 5.91 Å². The molecular weight excluding hydrogens is 304 g/mol. The number of esters is 1. The van der Waals surface area contributed by atoms with Crippen molar-refractivity contribution >= 4 is 29.2 Å². The molecule has 0 saturated carbocycles. The highest BCUT2D eigenvalue weighted by Crippen LogP contribution is 2.26. The van der Waals surface area contributed by atoms with Gasteiger partial charge in [-0.1, -0.05) is 24.1 Å². The van der Waals surface area contributed by atoms with Crippen LogP contribution in [0.25, 0.3) is 0 Å². The van der Waals surface area contributed by atoms with Crippen molar-refractivity contribution in [2.45, 2.75) is 37.8 Å². The fraction of sp³-hybridized carbons (Fsp3) is 0.500. The molecule has 2 heterocycles. The second kappa shape index (κ2) is 6.67. The van der Waals surface area contributed by atoms with Crippen molar-refractivity contribution in [3.8, 4) is 0 Å². The summed E-state index contributed by atoms with van der Waals surface area (Å²) in [6, 6.07) is 6.75. The highest BCUT2D eigenvalue weighted by Gasteiger charge is 2.40. The second-order valence-corrected chi connectivity index (χ2v) is 6.23. The molecule has 22 heavy (non-hydrogen) atoms. The summed E-state index contributed by atoms with van der Waals surface area (Å²) in [5, 5.41) is 3.35. The van der Waals surface area contributed by atoms with Crippen molar-refractivity contribution in [2.75, 3.05) is 18.5 Å². The van der Waals surface area contributed by atoms with Gasteiger partial charge in [0.25, 0.3) is 0 Å². The number of cyclic esters (lactones) is 1. The van der Waals surface area contributed by atoms with E-state index in [2.05, 4.69) is 10.2 Å². The summed E-state index contributed by atoms with van der Waals surface area (Å²) in [6.07, 6.45) is 3.36. The van der Waals surface area contributed by atoms with Crippen LogP contribution in [0.1, 0.15) is 25.7 Å². The number of carbonyl (C=O) groups is 2. The zero-order valence-electron chi connectivity index (χ0n) is 12.3. The molecule has 0 aliphatic carbocycles. The SMILES string of the molecule is O=C(C[C@H]1C(=O)OC[C@@H]2CCCCN21)Nc1cccc(Cl)c1. The maximum absolute atomic E-state index is 12.2. The molecule has 0 radical (unpaired) electrons. The molecular formula is C16H19ClN2O3. The number of hydrogen-bond donors (Lipinski definition) is 1. The first kappa shape index (κ1) is 15.3. The monoisotopic (exact) mass is 322 g/mol. The standard InChI is InChI=1S/C16H19ClN2O3/c17-11-4-3-5-12(8-11)18-15(20)9-14-16(21)22-10-13-6-1-2-7-19(13)14/h3-5,8,13-14H,1-2,6-7,9-10H2,(H,18,20)/t13-,14-/m0/s1. The van der Waals surface area contributed by atoms with Gasteiger partial charge >= 0.3 is 5.97 Å². The van der Waals surface area contributed by atoms with Crippen LogP contribution < -0.4 is 5.32 Å². The van der Waals surface area contributed by atoms with Crippen LogP contribution in [0.5, 0.6) is 0 Å². The van der Waals surface area contributed by atoms with Gasteiger partial charge in [-0.25, -0.2) is 0 Å². The maximum atomic E-state index is 12.2. The van der Waals surface area contributed by atoms with Crippen molar-refractivity contribution in [3.63, 3.8) is 0 Å². The van der Waals surface area contributed by atoms with Crippen molar-refractivity contribution in [1.82, 2.24) is 4.90 Å². The van der Waals surface area contributed by atoms with E-state index in [1.165, 1.54) is 0 Å². The van der Waals surface area contributed by atoms with Gasteiger partial charge in [0.15, 0.2) is 0 Å². The lowest BCUT2D eigenvalue weighted by Gasteiger charge is -2.43. The molecule has 6 heteroatoms. The Morgan fingerprint density at radius 3 is 3.09 bits per heavy atom. The minimum Gasteiger partial charge on any atom is -0.463 e. The molecule has 2 fully saturated rings. The Morgan fingerprint density at radius 1 is 1.41 bits per heavy atom. The Kier molecular flexibility index (Phi) is 4.64. The fourth-order valence-corrected chi connectivity index (χ4v) is 3.37. The van der Waals surface area contributed by atoms with E-state index in [4.69, 9.17) is 16.3 Å². The third-order valence-electron chi connectivity index (χ3n) is 4.25. The summed E-state index contributed by atoms with van der Waals surface area (Å²) < 4.78 is 5.25. The molecule has 5 nitrogen and oxygen atoms in total. The van der Waals surface area contributed by atoms with Crippen molar-refractivity contribution in [3.05, 3.63) is 29.3 Å². The number of rotatable bonds is 3. The number of anilines is 1. The van der Waals surface area contributed by atoms with E-state index in [1.807, 2.05) is 0 Å². The average Bonchev–Trinajstić information content (AvgIpc) is 2.50. The maximum Gasteiger partial charge on any atom is 0.323 e. The van der Waals surface area contributed by atoms with E-state index in [-0.39, 0.29) is 24.3 Å². The van der Waals surface area contributed by atoms with Gasteiger partial charge in [-0.3, -0.25) is 14.5 Å². The summed E-state index contributed by atoms with van der Waals surface area (Å²) in [5.41, 5.74) is 0.636. The molecule has 0 unspecified atom stereocenters. The minimum atomic E-state index is -0.474. The number of benzene rings is 1. The van der Waals surface area contributed by atoms with E-state index in [0.29, 0.717) is 17.3 Å². The number of carbonyl (C=O) groups excluding carboxylic acids is 2. The first-order valence-corrected chi connectivity index (χ1v) is 7.99. The van der Waals surface area contributed by atoms with Crippen LogP contribution >= 0.6 is 11.6 Å². The number of fused-ring (bicyclic) bond motifs is 1. The molecule has 3 rings (SSSR count). The lowest BCUT2D eigenvalue weighted by atomic mass is 9.97. The van der Waals surface area contributed by atoms with Gasteiger partial charge in [-0.15, -0.1) is 0 Å². The molecule has 1 aromatic carbocycles. The number of piperidine rings is 1. The van der Waals surface area contributed by atoms with Gasteiger partial charge in [0, 0.05) is 16.8 Å². The van der Waals surface area contributed by atoms with Crippen LogP contribution in [-0.4, -0.2) is 42.0 Å². The molecule has 1 aromatic rings. The van der Waals surface area contributed by atoms with Gasteiger partial charge in [-0.2, -0.15) is 0 Å². The minimum absolute atomic E-state index is 0.113. The van der Waals surface area contributed by atoms with Gasteiger partial charge in [0.05, 0.1) is 6.42 Å². The van der Waals surface area contributed by atoms with E-state index >= 15 is 0 Å². The van der Waals surface area contributed by atoms with Gasteiger partial charge in [0.1, 0.15) is 12.6 Å². The predicted molar refractivity (Wildman–Crippen MR) is 83.8 cm³/mol. The molecule has 0 bridgehead atoms. The molecule has 0 aromatic heterocycles. The number of nitrogens with zero attached hydrogens (tertiary/aromatic N) is 1. The fourth-order valence-electron chi connectivity index (χ4n) is 3.18. The quantitative estimate of drug-likeness (QED) is 0.868. The van der Waals surface area contributed by atoms with Crippen molar-refractivity contribution in [1.29, 1.82) is 0 Å². The van der Waals surface area contributed by atoms with E-state index < -0.39 is 6.04 Å². The number of amides is 1. The number of halogens is 1. The Hall–Kier alpha value is -1.59. The Morgan fingerprint density at radius 2 is 2.27 bits per heavy atom. The first-order chi connectivity index (χ1) is 10.6. The van der Waals surface area contributed by atoms with E-state index in [0.717, 1.165) is 25.8 Å². The lowest BCUT2D eigenvalue weighted by molar-refractivity contribution is -0.165. The number of hydrogen-bond acceptors (Lipinski definition) is 4. The summed E-state index contributed by atoms with van der Waals surface area (Å²) in [6.45, 7) is 1.31. The molecule has 2 aliphatic rings. The second-order valence-electron chi connectivity index (χ2n) is 5.80. The topological polar surface area (TPSA) is 58.6 Å². The summed E-state index contributed by atoms with van der Waals surface area (Å²) in [5.74, 6) is -0.491. The lowest BCUT2D eigenvalue weighted by Crippen LogP contribution is -2.57. The predicted octanol–water partition coefficient (Wildman–Crippen LogP) is 2.45. The molecule has 1 amide bonds. The Labute approximate surface area is 134 Å². The largest absolute Gasteiger partial charge is 0.463 e. The molecule has 2 atom stereocenters.